The van der Waals surface area contributed by atoms with Crippen molar-refractivity contribution in [3.05, 3.63) is 112 Å². The van der Waals surface area contributed by atoms with E-state index in [0.717, 1.165) is 9.79 Å². The summed E-state index contributed by atoms with van der Waals surface area (Å²) in [4.78, 5) is 17.1. The van der Waals surface area contributed by atoms with Crippen LogP contribution in [0.3, 0.4) is 0 Å². The molecule has 1 nitrogen and oxygen atoms in total. The third-order valence-corrected chi connectivity index (χ3v) is 8.97. The lowest BCUT2D eigenvalue weighted by Gasteiger charge is -2.10. The molecule has 0 radical (unpaired) electrons. The molecule has 0 atom stereocenters. The Kier molecular flexibility index (Phi) is 7.55. The van der Waals surface area contributed by atoms with Gasteiger partial charge in [0.2, 0.25) is 0 Å². The molecular formula is C26H18Cl3OS2+. The van der Waals surface area contributed by atoms with Gasteiger partial charge in [0.1, 0.15) is 0 Å². The zero-order valence-corrected chi connectivity index (χ0v) is 20.9. The third kappa shape index (κ3) is 5.54. The molecule has 0 fully saturated rings. The highest BCUT2D eigenvalue weighted by Gasteiger charge is 2.28. The molecule has 6 heteroatoms. The van der Waals surface area contributed by atoms with Crippen LogP contribution in [0.1, 0.15) is 17.3 Å². The number of carbonyl (C=O) groups excluding carboxylic acids is 1. The van der Waals surface area contributed by atoms with Crippen LogP contribution in [0.4, 0.5) is 0 Å². The molecule has 0 aromatic heterocycles. The van der Waals surface area contributed by atoms with Crippen molar-refractivity contribution in [3.8, 4) is 0 Å². The Hall–Kier alpha value is -1.88. The summed E-state index contributed by atoms with van der Waals surface area (Å²) in [5.41, 5.74) is 0.615. The number of rotatable bonds is 6. The predicted molar refractivity (Wildman–Crippen MR) is 137 cm³/mol. The molecular weight excluding hydrogens is 499 g/mol. The van der Waals surface area contributed by atoms with E-state index >= 15 is 0 Å². The molecule has 0 heterocycles. The van der Waals surface area contributed by atoms with Crippen molar-refractivity contribution in [3.63, 3.8) is 0 Å². The fraction of sp³-hybridized carbons (Fsp3) is 0.0385. The van der Waals surface area contributed by atoms with Gasteiger partial charge in [0.15, 0.2) is 20.5 Å². The van der Waals surface area contributed by atoms with E-state index in [0.29, 0.717) is 20.6 Å². The summed E-state index contributed by atoms with van der Waals surface area (Å²) in [7, 11) is -0.289. The molecule has 0 bridgehead atoms. The van der Waals surface area contributed by atoms with Gasteiger partial charge in [-0.15, -0.1) is 0 Å². The Morgan fingerprint density at radius 3 is 1.59 bits per heavy atom. The van der Waals surface area contributed by atoms with Crippen LogP contribution in [0.15, 0.2) is 115 Å². The van der Waals surface area contributed by atoms with Gasteiger partial charge in [0.05, 0.1) is 15.9 Å². The van der Waals surface area contributed by atoms with Crippen LogP contribution in [0.5, 0.6) is 0 Å². The van der Waals surface area contributed by atoms with Crippen molar-refractivity contribution < 1.29 is 4.79 Å². The van der Waals surface area contributed by atoms with Crippen LogP contribution in [-0.4, -0.2) is 5.78 Å². The number of carbonyl (C=O) groups is 1. The Balaban J connectivity index is 1.64. The predicted octanol–water partition coefficient (Wildman–Crippen LogP) is 9.10. The first-order chi connectivity index (χ1) is 15.4. The van der Waals surface area contributed by atoms with Gasteiger partial charge in [-0.05, 0) is 91.9 Å². The lowest BCUT2D eigenvalue weighted by molar-refractivity contribution is 0.101. The van der Waals surface area contributed by atoms with E-state index in [-0.39, 0.29) is 16.7 Å². The molecule has 0 unspecified atom stereocenters. The topological polar surface area (TPSA) is 17.1 Å². The van der Waals surface area contributed by atoms with Crippen LogP contribution >= 0.6 is 46.6 Å². The summed E-state index contributed by atoms with van der Waals surface area (Å²) in [5.74, 6) is 0.00392. The summed E-state index contributed by atoms with van der Waals surface area (Å²) in [6, 6.07) is 29.9. The smallest absolute Gasteiger partial charge is 0.166 e. The number of hydrogen-bond donors (Lipinski definition) is 0. The standard InChI is InChI=1S/C26H18Cl3OS2/c1-17(30)18-2-15-26(25(29)16-18)31-21-7-13-24(14-8-21)32(22-9-3-19(27)4-10-22)23-11-5-20(28)6-12-23/h2-16H,1H3/q+1. The fourth-order valence-electron chi connectivity index (χ4n) is 3.12. The first kappa shape index (κ1) is 23.3. The normalized spacial score (nSPS) is 11.0. The molecule has 0 saturated carbocycles. The first-order valence-corrected chi connectivity index (χ1v) is 12.9. The largest absolute Gasteiger partial charge is 0.295 e. The second-order valence-corrected chi connectivity index (χ2v) is 11.4. The molecule has 4 aromatic rings. The van der Waals surface area contributed by atoms with Crippen LogP contribution < -0.4 is 0 Å². The molecule has 0 N–H and O–H groups in total. The zero-order chi connectivity index (χ0) is 22.7. The van der Waals surface area contributed by atoms with Crippen molar-refractivity contribution in [1.29, 1.82) is 0 Å². The van der Waals surface area contributed by atoms with Gasteiger partial charge in [-0.25, -0.2) is 0 Å². The van der Waals surface area contributed by atoms with E-state index in [4.69, 9.17) is 34.8 Å². The highest BCUT2D eigenvalue weighted by Crippen LogP contribution is 2.37. The van der Waals surface area contributed by atoms with Crippen molar-refractivity contribution in [2.45, 2.75) is 31.4 Å². The zero-order valence-electron chi connectivity index (χ0n) is 17.0. The van der Waals surface area contributed by atoms with Gasteiger partial charge in [-0.2, -0.15) is 0 Å². The SMILES string of the molecule is CC(=O)c1ccc(Sc2ccc([S+](c3ccc(Cl)cc3)c3ccc(Cl)cc3)cc2)c(Cl)c1. The highest BCUT2D eigenvalue weighted by atomic mass is 35.5. The number of ketones is 1. The van der Waals surface area contributed by atoms with Gasteiger partial charge in [-0.1, -0.05) is 52.6 Å². The van der Waals surface area contributed by atoms with E-state index in [1.165, 1.54) is 21.6 Å². The van der Waals surface area contributed by atoms with Crippen molar-refractivity contribution in [2.24, 2.45) is 0 Å². The van der Waals surface area contributed by atoms with E-state index < -0.39 is 0 Å². The molecule has 0 aliphatic carbocycles. The lowest BCUT2D eigenvalue weighted by atomic mass is 10.1. The van der Waals surface area contributed by atoms with Crippen LogP contribution in [-0.2, 0) is 10.9 Å². The summed E-state index contributed by atoms with van der Waals surface area (Å²) in [6.45, 7) is 1.54. The van der Waals surface area contributed by atoms with Gasteiger partial charge >= 0.3 is 0 Å². The molecule has 0 aliphatic rings. The maximum atomic E-state index is 11.6. The van der Waals surface area contributed by atoms with E-state index in [1.54, 1.807) is 17.8 Å². The second kappa shape index (κ2) is 10.4. The minimum absolute atomic E-state index is 0.00392. The molecule has 0 aliphatic heterocycles. The Labute approximate surface area is 210 Å². The third-order valence-electron chi connectivity index (χ3n) is 4.72. The summed E-state index contributed by atoms with van der Waals surface area (Å²) in [5, 5.41) is 2.01. The van der Waals surface area contributed by atoms with Gasteiger partial charge in [-0.3, -0.25) is 4.79 Å². The number of halogens is 3. The minimum atomic E-state index is -0.289. The van der Waals surface area contributed by atoms with Crippen molar-refractivity contribution in [2.75, 3.05) is 0 Å². The van der Waals surface area contributed by atoms with Crippen LogP contribution in [0, 0.1) is 0 Å². The van der Waals surface area contributed by atoms with Gasteiger partial charge in [0, 0.05) is 25.4 Å². The average molecular weight is 517 g/mol. The minimum Gasteiger partial charge on any atom is -0.295 e. The number of benzene rings is 4. The molecule has 4 rings (SSSR count). The van der Waals surface area contributed by atoms with Crippen LogP contribution in [0.25, 0.3) is 0 Å². The Morgan fingerprint density at radius 2 is 1.16 bits per heavy atom. The second-order valence-electron chi connectivity index (χ2n) is 6.99. The van der Waals surface area contributed by atoms with Crippen LogP contribution in [0.2, 0.25) is 15.1 Å². The molecule has 160 valence electrons. The lowest BCUT2D eigenvalue weighted by Crippen LogP contribution is -2.04. The highest BCUT2D eigenvalue weighted by molar-refractivity contribution is 7.99. The van der Waals surface area contributed by atoms with E-state index in [9.17, 15) is 4.79 Å². The average Bonchev–Trinajstić information content (AvgIpc) is 2.79. The van der Waals surface area contributed by atoms with E-state index in [2.05, 4.69) is 48.5 Å². The maximum absolute atomic E-state index is 11.6. The summed E-state index contributed by atoms with van der Waals surface area (Å²) < 4.78 is 0. The molecule has 0 spiro atoms. The molecule has 0 saturated heterocycles. The van der Waals surface area contributed by atoms with Crippen molar-refractivity contribution in [1.82, 2.24) is 0 Å². The van der Waals surface area contributed by atoms with Gasteiger partial charge < -0.3 is 0 Å². The van der Waals surface area contributed by atoms with E-state index in [1.807, 2.05) is 36.4 Å². The maximum Gasteiger partial charge on any atom is 0.166 e. The summed E-state index contributed by atoms with van der Waals surface area (Å²) >= 11 is 20.2. The molecule has 0 amide bonds. The first-order valence-electron chi connectivity index (χ1n) is 9.74. The Morgan fingerprint density at radius 1 is 0.688 bits per heavy atom. The Bertz CT molecular complexity index is 1190. The number of Topliss-reactive ketones (excluding diaryl/α,β-unsaturated/α-hetero) is 1. The van der Waals surface area contributed by atoms with Gasteiger partial charge in [0.25, 0.3) is 0 Å². The fourth-order valence-corrected chi connectivity index (χ4v) is 6.53. The molecule has 4 aromatic carbocycles. The quantitative estimate of drug-likeness (QED) is 0.188. The monoisotopic (exact) mass is 515 g/mol. The number of hydrogen-bond acceptors (Lipinski definition) is 2. The van der Waals surface area contributed by atoms with Crippen molar-refractivity contribution >= 4 is 63.2 Å². The molecule has 32 heavy (non-hydrogen) atoms. The summed E-state index contributed by atoms with van der Waals surface area (Å²) in [6.07, 6.45) is 0.